The van der Waals surface area contributed by atoms with Gasteiger partial charge in [0.1, 0.15) is 0 Å². The Bertz CT molecular complexity index is 600. The second-order valence-electron chi connectivity index (χ2n) is 12.1. The number of carbonyl (C=O) groups excluding carboxylic acids is 1. The molecule has 8 heteroatoms. The summed E-state index contributed by atoms with van der Waals surface area (Å²) < 4.78 is 28.0. The highest BCUT2D eigenvalue weighted by Gasteiger charge is 2.49. The van der Waals surface area contributed by atoms with Crippen LogP contribution in [0.4, 0.5) is 0 Å². The molecule has 232 valence electrons. The van der Waals surface area contributed by atoms with Gasteiger partial charge in [-0.25, -0.2) is 4.79 Å². The number of rotatable bonds is 27. The van der Waals surface area contributed by atoms with Gasteiger partial charge >= 0.3 is 20.0 Å². The highest BCUT2D eigenvalue weighted by atomic mass is 32.2. The van der Waals surface area contributed by atoms with E-state index in [9.17, 15) is 14.5 Å². The van der Waals surface area contributed by atoms with Crippen LogP contribution in [0.1, 0.15) is 144 Å². The molecule has 0 aromatic rings. The minimum absolute atomic E-state index is 0.0658. The Morgan fingerprint density at radius 2 is 1.36 bits per heavy atom. The van der Waals surface area contributed by atoms with Gasteiger partial charge in [0.2, 0.25) is 0 Å². The first kappa shape index (κ1) is 38.8. The van der Waals surface area contributed by atoms with E-state index in [-0.39, 0.29) is 24.7 Å². The van der Waals surface area contributed by atoms with Crippen LogP contribution in [0.5, 0.6) is 0 Å². The van der Waals surface area contributed by atoms with E-state index < -0.39 is 20.0 Å². The van der Waals surface area contributed by atoms with Gasteiger partial charge in [-0.3, -0.25) is 0 Å². The van der Waals surface area contributed by atoms with E-state index in [0.29, 0.717) is 18.3 Å². The maximum Gasteiger partial charge on any atom is 0.470 e. The summed E-state index contributed by atoms with van der Waals surface area (Å²) in [6, 6.07) is 0. The fourth-order valence-electron chi connectivity index (χ4n) is 4.22. The van der Waals surface area contributed by atoms with Gasteiger partial charge < -0.3 is 19.3 Å². The van der Waals surface area contributed by atoms with Crippen LogP contribution in [0.3, 0.4) is 0 Å². The third-order valence-corrected chi connectivity index (χ3v) is 8.92. The molecule has 0 radical (unpaired) electrons. The number of esters is 1. The summed E-state index contributed by atoms with van der Waals surface area (Å²) in [5, 5.41) is 10.8. The Labute approximate surface area is 246 Å². The van der Waals surface area contributed by atoms with Gasteiger partial charge in [0.25, 0.3) is 0 Å². The molecular weight excluding hydrogens is 531 g/mol. The van der Waals surface area contributed by atoms with Crippen molar-refractivity contribution in [3.8, 4) is 0 Å². The van der Waals surface area contributed by atoms with Crippen molar-refractivity contribution in [2.75, 3.05) is 25.6 Å². The van der Waals surface area contributed by atoms with Crippen molar-refractivity contribution < 1.29 is 28.7 Å². The number of ether oxygens (including phenoxy) is 3. The first-order chi connectivity index (χ1) is 18.6. The van der Waals surface area contributed by atoms with Gasteiger partial charge in [0.05, 0.1) is 19.3 Å². The van der Waals surface area contributed by atoms with Crippen LogP contribution >= 0.6 is 20.2 Å². The molecule has 0 spiro atoms. The molecule has 4 unspecified atom stereocenters. The molecule has 0 aliphatic heterocycles. The largest absolute Gasteiger partial charge is 0.470 e. The Kier molecular flexibility index (Phi) is 24.3. The van der Waals surface area contributed by atoms with Gasteiger partial charge in [-0.2, -0.15) is 11.8 Å². The van der Waals surface area contributed by atoms with Crippen LogP contribution in [0.15, 0.2) is 0 Å². The summed E-state index contributed by atoms with van der Waals surface area (Å²) in [5.74, 6) is 0.177. The highest BCUT2D eigenvalue weighted by molar-refractivity contribution is 7.99. The van der Waals surface area contributed by atoms with Crippen molar-refractivity contribution in [3.05, 3.63) is 0 Å². The molecule has 6 nitrogen and oxygen atoms in total. The Balaban J connectivity index is 4.40. The first-order valence-corrected chi connectivity index (χ1v) is 17.7. The number of hydrogen-bond donors (Lipinski definition) is 1. The summed E-state index contributed by atoms with van der Waals surface area (Å²) in [7, 11) is -1.36. The minimum Gasteiger partial charge on any atom is -0.458 e. The van der Waals surface area contributed by atoms with E-state index in [2.05, 4.69) is 32.5 Å². The molecule has 39 heavy (non-hydrogen) atoms. The molecule has 0 aliphatic carbocycles. The smallest absolute Gasteiger partial charge is 0.458 e. The zero-order valence-corrected chi connectivity index (χ0v) is 28.0. The first-order valence-electron chi connectivity index (χ1n) is 15.8. The normalized spacial score (nSPS) is 15.3. The van der Waals surface area contributed by atoms with Gasteiger partial charge in [-0.05, 0) is 37.4 Å². The predicted molar refractivity (Wildman–Crippen MR) is 167 cm³/mol. The van der Waals surface area contributed by atoms with Crippen molar-refractivity contribution in [3.63, 3.8) is 0 Å². The van der Waals surface area contributed by atoms with E-state index in [1.54, 1.807) is 0 Å². The Hall–Kier alpha value is -0.200. The average molecular weight is 594 g/mol. The average Bonchev–Trinajstić information content (AvgIpc) is 2.90. The van der Waals surface area contributed by atoms with Crippen molar-refractivity contribution in [1.82, 2.24) is 0 Å². The van der Waals surface area contributed by atoms with Gasteiger partial charge in [0, 0.05) is 11.9 Å². The van der Waals surface area contributed by atoms with Gasteiger partial charge in [-0.15, -0.1) is 0 Å². The second-order valence-corrected chi connectivity index (χ2v) is 14.3. The minimum atomic E-state index is -2.41. The van der Waals surface area contributed by atoms with Crippen molar-refractivity contribution in [2.45, 2.75) is 161 Å². The lowest BCUT2D eigenvalue weighted by molar-refractivity contribution is -0.198. The van der Waals surface area contributed by atoms with Crippen molar-refractivity contribution in [2.24, 2.45) is 5.41 Å². The summed E-state index contributed by atoms with van der Waals surface area (Å²) >= 11 is 2.05. The lowest BCUT2D eigenvalue weighted by Crippen LogP contribution is -2.39. The van der Waals surface area contributed by atoms with Gasteiger partial charge in [0.15, 0.2) is 0 Å². The van der Waals surface area contributed by atoms with E-state index >= 15 is 0 Å². The van der Waals surface area contributed by atoms with Crippen LogP contribution in [-0.2, 0) is 23.6 Å². The molecule has 0 aromatic heterocycles. The van der Waals surface area contributed by atoms with Crippen LogP contribution in [0, 0.1) is 5.41 Å². The SMILES string of the molecule is CCCCCCCCCCCSC(CCCCCCC)C(C)OCCCOC(O)([PH+]=O)C(=O)OCC(C)(C)C. The van der Waals surface area contributed by atoms with E-state index in [1.807, 2.05) is 20.8 Å². The third-order valence-electron chi connectivity index (χ3n) is 6.73. The number of aliphatic hydroxyl groups is 1. The number of thioether (sulfide) groups is 1. The quantitative estimate of drug-likeness (QED) is 0.0440. The molecule has 4 atom stereocenters. The summed E-state index contributed by atoms with van der Waals surface area (Å²) in [6.45, 7) is 13.0. The van der Waals surface area contributed by atoms with E-state index in [1.165, 1.54) is 102 Å². The lowest BCUT2D eigenvalue weighted by Gasteiger charge is -2.24. The summed E-state index contributed by atoms with van der Waals surface area (Å²) in [6.07, 6.45) is 20.3. The lowest BCUT2D eigenvalue weighted by atomic mass is 9.99. The molecule has 0 saturated carbocycles. The monoisotopic (exact) mass is 593 g/mol. The molecule has 0 heterocycles. The van der Waals surface area contributed by atoms with E-state index in [4.69, 9.17) is 14.2 Å². The zero-order valence-electron chi connectivity index (χ0n) is 26.2. The third kappa shape index (κ3) is 22.1. The molecule has 0 rings (SSSR count). The van der Waals surface area contributed by atoms with Crippen LogP contribution < -0.4 is 0 Å². The Morgan fingerprint density at radius 3 is 1.90 bits per heavy atom. The zero-order chi connectivity index (χ0) is 29.4. The van der Waals surface area contributed by atoms with Crippen LogP contribution in [0.25, 0.3) is 0 Å². The second kappa shape index (κ2) is 24.4. The maximum atomic E-state index is 12.2. The molecule has 0 aliphatic rings. The number of unbranched alkanes of at least 4 members (excludes halogenated alkanes) is 12. The molecular formula is C31H62O6PS+. The van der Waals surface area contributed by atoms with Gasteiger partial charge in [-0.1, -0.05) is 123 Å². The molecule has 0 amide bonds. The highest BCUT2D eigenvalue weighted by Crippen LogP contribution is 2.27. The molecule has 0 aromatic carbocycles. The Morgan fingerprint density at radius 1 is 0.821 bits per heavy atom. The van der Waals surface area contributed by atoms with Crippen molar-refractivity contribution in [1.29, 1.82) is 0 Å². The molecule has 0 saturated heterocycles. The van der Waals surface area contributed by atoms with E-state index in [0.717, 1.165) is 0 Å². The summed E-state index contributed by atoms with van der Waals surface area (Å²) in [4.78, 5) is 12.2. The molecule has 0 fully saturated rings. The summed E-state index contributed by atoms with van der Waals surface area (Å²) in [5.41, 5.74) is -2.67. The standard InChI is InChI=1S/C31H61O6PS/c1-7-9-11-13-14-15-16-18-20-25-39-28(22-19-17-12-10-8-2)27(3)35-23-21-24-37-31(33,38-34)29(32)36-26-30(4,5)6/h27-28,33H,7-26H2,1-6H3/p+1. The van der Waals surface area contributed by atoms with Crippen molar-refractivity contribution >= 4 is 26.2 Å². The van der Waals surface area contributed by atoms with Crippen LogP contribution in [-0.4, -0.2) is 53.5 Å². The fraction of sp³-hybridized carbons (Fsp3) is 0.968. The van der Waals surface area contributed by atoms with Crippen LogP contribution in [0.2, 0.25) is 0 Å². The number of hydrogen-bond acceptors (Lipinski definition) is 7. The maximum absolute atomic E-state index is 12.2. The number of carbonyl (C=O) groups is 1. The fourth-order valence-corrected chi connectivity index (χ4v) is 5.89. The topological polar surface area (TPSA) is 82.1 Å². The molecule has 1 N–H and O–H groups in total. The molecule has 0 bridgehead atoms. The predicted octanol–water partition coefficient (Wildman–Crippen LogP) is 9.05.